The molecule has 0 saturated carbocycles. The molecule has 1 aliphatic heterocycles. The number of nitrogens with zero attached hydrogens (tertiary/aromatic N) is 2. The van der Waals surface area contributed by atoms with Crippen LogP contribution in [0.15, 0.2) is 67.0 Å². The van der Waals surface area contributed by atoms with Gasteiger partial charge in [0, 0.05) is 40.7 Å². The second-order valence-corrected chi connectivity index (χ2v) is 13.6. The fraction of sp³-hybridized carbons (Fsp3) is 0.343. The van der Waals surface area contributed by atoms with Crippen LogP contribution in [0.25, 0.3) is 0 Å². The van der Waals surface area contributed by atoms with Gasteiger partial charge in [-0.15, -0.1) is 11.3 Å². The third-order valence-corrected chi connectivity index (χ3v) is 10.3. The highest BCUT2D eigenvalue weighted by molar-refractivity contribution is 7.14. The molecule has 1 aliphatic rings. The molecule has 5 rings (SSSR count). The first-order valence-corrected chi connectivity index (χ1v) is 17.0. The summed E-state index contributed by atoms with van der Waals surface area (Å²) in [5, 5.41) is 24.1. The van der Waals surface area contributed by atoms with Crippen LogP contribution in [0.2, 0.25) is 10.0 Å². The summed E-state index contributed by atoms with van der Waals surface area (Å²) in [6, 6.07) is 15.8. The van der Waals surface area contributed by atoms with Crippen molar-refractivity contribution in [3.8, 4) is 11.5 Å². The molecule has 13 heteroatoms. The molecule has 3 heterocycles. The van der Waals surface area contributed by atoms with Crippen LogP contribution in [0.5, 0.6) is 11.5 Å². The second kappa shape index (κ2) is 16.0. The van der Waals surface area contributed by atoms with E-state index in [1.165, 1.54) is 26.6 Å². The van der Waals surface area contributed by atoms with Gasteiger partial charge in [-0.3, -0.25) is 10.5 Å². The second-order valence-electron chi connectivity index (χ2n) is 11.7. The number of thiophene rings is 1. The summed E-state index contributed by atoms with van der Waals surface area (Å²) in [5.74, 6) is -1.01. The van der Waals surface area contributed by atoms with Crippen LogP contribution in [0.1, 0.15) is 61.6 Å². The number of aromatic carboxylic acids is 1. The molecule has 2 atom stereocenters. The molecular weight excluding hydrogens is 677 g/mol. The van der Waals surface area contributed by atoms with Crippen LogP contribution in [0.4, 0.5) is 0 Å². The van der Waals surface area contributed by atoms with Gasteiger partial charge in [-0.05, 0) is 61.2 Å². The zero-order valence-electron chi connectivity index (χ0n) is 26.8. The molecular formula is C35H38Cl2N3O7S+. The van der Waals surface area contributed by atoms with Crippen molar-refractivity contribution >= 4 is 46.5 Å². The van der Waals surface area contributed by atoms with E-state index in [4.69, 9.17) is 37.4 Å². The lowest BCUT2D eigenvalue weighted by Gasteiger charge is -2.30. The number of benzene rings is 2. The van der Waals surface area contributed by atoms with Crippen LogP contribution >= 0.6 is 34.5 Å². The average molecular weight is 716 g/mol. The minimum atomic E-state index is -1.09. The lowest BCUT2D eigenvalue weighted by Crippen LogP contribution is -2.38. The van der Waals surface area contributed by atoms with Gasteiger partial charge in [-0.1, -0.05) is 59.6 Å². The van der Waals surface area contributed by atoms with Crippen molar-refractivity contribution in [3.63, 3.8) is 0 Å². The molecule has 2 aromatic carbocycles. The number of methoxy groups -OCH3 is 2. The number of carboxylic acid groups (broad SMARTS) is 1. The number of hydrogen-bond donors (Lipinski definition) is 3. The van der Waals surface area contributed by atoms with Crippen molar-refractivity contribution < 1.29 is 38.8 Å². The van der Waals surface area contributed by atoms with E-state index in [0.717, 1.165) is 53.1 Å². The number of likely N-dealkylation sites (tertiary alicyclic amines) is 1. The number of nitrogens with one attached hydrogen (secondary N) is 1. The van der Waals surface area contributed by atoms with E-state index < -0.39 is 17.9 Å². The predicted molar refractivity (Wildman–Crippen MR) is 183 cm³/mol. The molecule has 4 aromatic rings. The van der Waals surface area contributed by atoms with E-state index in [0.29, 0.717) is 27.5 Å². The average Bonchev–Trinajstić information content (AvgIpc) is 3.50. The number of rotatable bonds is 13. The van der Waals surface area contributed by atoms with Crippen molar-refractivity contribution in [1.82, 2.24) is 10.2 Å². The number of carboxylic acids is 1. The van der Waals surface area contributed by atoms with Crippen LogP contribution in [0.3, 0.4) is 0 Å². The molecule has 254 valence electrons. The van der Waals surface area contributed by atoms with Gasteiger partial charge in [0.25, 0.3) is 0 Å². The predicted octanol–water partition coefficient (Wildman–Crippen LogP) is 6.14. The summed E-state index contributed by atoms with van der Waals surface area (Å²) in [7, 11) is 5.12. The monoisotopic (exact) mass is 714 g/mol. The molecule has 2 aromatic heterocycles. The Morgan fingerprint density at radius 2 is 1.67 bits per heavy atom. The first kappa shape index (κ1) is 35.4. The first-order valence-electron chi connectivity index (χ1n) is 15.4. The zero-order valence-corrected chi connectivity index (χ0v) is 29.1. The Labute approximate surface area is 293 Å². The summed E-state index contributed by atoms with van der Waals surface area (Å²) in [6.07, 6.45) is 4.24. The van der Waals surface area contributed by atoms with Gasteiger partial charge < -0.3 is 24.2 Å². The number of hydrogen-bond acceptors (Lipinski definition) is 9. The highest BCUT2D eigenvalue weighted by Gasteiger charge is 2.30. The maximum Gasteiger partial charge on any atom is 0.346 e. The first-order chi connectivity index (χ1) is 23.1. The van der Waals surface area contributed by atoms with Crippen molar-refractivity contribution in [1.29, 1.82) is 0 Å². The van der Waals surface area contributed by atoms with Gasteiger partial charge in [0.15, 0.2) is 11.5 Å². The van der Waals surface area contributed by atoms with E-state index in [1.807, 2.05) is 42.5 Å². The molecule has 1 unspecified atom stereocenters. The van der Waals surface area contributed by atoms with Gasteiger partial charge in [-0.2, -0.15) is 0 Å². The Bertz CT molecular complexity index is 1720. The SMILES string of the molecule is COc1ccc([C@H](Cc2c(Cl)c[n+](O)cc2Cl)c2cc(CNC(C(=O)OC3CCN(C)CC3)c3ccccc3)sc2C(=O)O)cc1OC. The number of aromatic nitrogens is 1. The number of halogens is 2. The van der Waals surface area contributed by atoms with Crippen LogP contribution < -0.4 is 19.5 Å². The van der Waals surface area contributed by atoms with E-state index in [9.17, 15) is 19.9 Å². The molecule has 0 amide bonds. The van der Waals surface area contributed by atoms with Crippen LogP contribution in [-0.4, -0.2) is 67.6 Å². The fourth-order valence-electron chi connectivity index (χ4n) is 5.91. The molecule has 10 nitrogen and oxygen atoms in total. The summed E-state index contributed by atoms with van der Waals surface area (Å²) >= 11 is 14.2. The van der Waals surface area contributed by atoms with Crippen molar-refractivity contribution in [2.75, 3.05) is 34.4 Å². The normalized spacial score (nSPS) is 15.1. The van der Waals surface area contributed by atoms with Crippen molar-refractivity contribution in [2.45, 2.75) is 43.9 Å². The number of carbonyl (C=O) groups excluding carboxylic acids is 1. The van der Waals surface area contributed by atoms with Crippen molar-refractivity contribution in [3.05, 3.63) is 109 Å². The molecule has 1 saturated heterocycles. The third-order valence-electron chi connectivity index (χ3n) is 8.46. The van der Waals surface area contributed by atoms with Gasteiger partial charge in [0.05, 0.1) is 14.2 Å². The topological polar surface area (TPSA) is 121 Å². The van der Waals surface area contributed by atoms with Crippen LogP contribution in [-0.2, 0) is 22.5 Å². The summed E-state index contributed by atoms with van der Waals surface area (Å²) in [5.41, 5.74) is 2.56. The molecule has 0 bridgehead atoms. The Balaban J connectivity index is 1.49. The maximum atomic E-state index is 13.5. The molecule has 0 radical (unpaired) electrons. The maximum absolute atomic E-state index is 13.5. The molecule has 1 fully saturated rings. The van der Waals surface area contributed by atoms with Gasteiger partial charge in [0.1, 0.15) is 27.1 Å². The Morgan fingerprint density at radius 1 is 1.00 bits per heavy atom. The Morgan fingerprint density at radius 3 is 2.29 bits per heavy atom. The highest BCUT2D eigenvalue weighted by atomic mass is 35.5. The van der Waals surface area contributed by atoms with Crippen molar-refractivity contribution in [2.24, 2.45) is 0 Å². The number of esters is 1. The molecule has 3 N–H and O–H groups in total. The van der Waals surface area contributed by atoms with Gasteiger partial charge in [-0.25, -0.2) is 9.59 Å². The van der Waals surface area contributed by atoms with E-state index in [-0.39, 0.29) is 40.0 Å². The summed E-state index contributed by atoms with van der Waals surface area (Å²) in [4.78, 5) is 29.3. The number of piperidine rings is 1. The van der Waals surface area contributed by atoms with Gasteiger partial charge >= 0.3 is 11.9 Å². The summed E-state index contributed by atoms with van der Waals surface area (Å²) in [6.45, 7) is 1.93. The quantitative estimate of drug-likeness (QED) is 0.0852. The zero-order chi connectivity index (χ0) is 34.4. The highest BCUT2D eigenvalue weighted by Crippen LogP contribution is 2.41. The third kappa shape index (κ3) is 8.40. The van der Waals surface area contributed by atoms with E-state index >= 15 is 0 Å². The standard InChI is InChI=1S/C35H37Cl2N3O7S/c1-39-13-11-23(12-14-39)47-35(43)32(21-7-5-4-6-8-21)38-18-24-16-26(33(48-24)34(41)42)25(17-27-28(36)19-40(44)20-29(27)37)22-9-10-30(45-2)31(15-22)46-3/h4-10,15-16,19-20,23,25,32,38H,11-14,17-18H2,1-3H3,(H-,41,42,44)/p+1/t25-,32?/m0/s1. The molecule has 0 aliphatic carbocycles. The molecule has 0 spiro atoms. The van der Waals surface area contributed by atoms with Crippen LogP contribution in [0, 0.1) is 0 Å². The largest absolute Gasteiger partial charge is 0.493 e. The van der Waals surface area contributed by atoms with E-state index in [2.05, 4.69) is 17.3 Å². The minimum absolute atomic E-state index is 0.136. The summed E-state index contributed by atoms with van der Waals surface area (Å²) < 4.78 is 17.7. The lowest BCUT2D eigenvalue weighted by atomic mass is 9.85. The Hall–Kier alpha value is -3.87. The lowest BCUT2D eigenvalue weighted by molar-refractivity contribution is -0.904. The van der Waals surface area contributed by atoms with Gasteiger partial charge in [0.2, 0.25) is 12.4 Å². The fourth-order valence-corrected chi connectivity index (χ4v) is 7.52. The minimum Gasteiger partial charge on any atom is -0.493 e. The number of carbonyl (C=O) groups is 2. The molecule has 48 heavy (non-hydrogen) atoms. The van der Waals surface area contributed by atoms with E-state index in [1.54, 1.807) is 12.1 Å². The number of ether oxygens (including phenoxy) is 3. The Kier molecular flexibility index (Phi) is 11.8. The smallest absolute Gasteiger partial charge is 0.346 e. The number of pyridine rings is 1.